The summed E-state index contributed by atoms with van der Waals surface area (Å²) in [7, 11) is 0. The molecule has 44 heavy (non-hydrogen) atoms. The maximum Gasteiger partial charge on any atom is 0.130 e. The zero-order valence-electron chi connectivity index (χ0n) is 25.2. The summed E-state index contributed by atoms with van der Waals surface area (Å²) in [6.07, 6.45) is 10.1. The largest absolute Gasteiger partial charge is 0.458 e. The number of ether oxygens (including phenoxy) is 1. The third kappa shape index (κ3) is 5.64. The first-order valence-electron chi connectivity index (χ1n) is 15.6. The number of allylic oxidation sites excluding steroid dienone is 1. The van der Waals surface area contributed by atoms with Gasteiger partial charge in [0.05, 0.1) is 0 Å². The molecule has 5 aromatic rings. The first-order valence-corrected chi connectivity index (χ1v) is 15.6. The molecule has 1 heterocycles. The van der Waals surface area contributed by atoms with Crippen molar-refractivity contribution in [3.05, 3.63) is 179 Å². The van der Waals surface area contributed by atoms with Crippen molar-refractivity contribution < 1.29 is 4.74 Å². The first-order chi connectivity index (χ1) is 21.6. The molecular weight excluding hydrogens is 534 g/mol. The van der Waals surface area contributed by atoms with Crippen molar-refractivity contribution in [2.24, 2.45) is 0 Å². The molecule has 1 fully saturated rings. The minimum absolute atomic E-state index is 0.508. The Bertz CT molecular complexity index is 1790. The molecule has 1 saturated carbocycles. The van der Waals surface area contributed by atoms with Crippen molar-refractivity contribution in [2.45, 2.75) is 38.1 Å². The number of para-hydroxylation sites is 1. The van der Waals surface area contributed by atoms with E-state index in [4.69, 9.17) is 4.74 Å². The van der Waals surface area contributed by atoms with Crippen LogP contribution in [0.2, 0.25) is 0 Å². The number of nitrogens with zero attached hydrogens (tertiary/aromatic N) is 1. The summed E-state index contributed by atoms with van der Waals surface area (Å²) in [5, 5.41) is 0. The second kappa shape index (κ2) is 12.3. The number of anilines is 2. The number of hydrogen-bond donors (Lipinski definition) is 0. The summed E-state index contributed by atoms with van der Waals surface area (Å²) in [6.45, 7) is 6.17. The summed E-state index contributed by atoms with van der Waals surface area (Å²) in [6, 6.07) is 45.9. The first kappa shape index (κ1) is 27.7. The SMILES string of the molecule is C=C(/C=C/c1ccc2c(c1)C1CCCC1N2c1ccc(C=C(c2ccccc2)c2ccccc2)cc1)Oc1ccccc1C. The minimum Gasteiger partial charge on any atom is -0.458 e. The molecule has 2 unspecified atom stereocenters. The van der Waals surface area contributed by atoms with Crippen LogP contribution in [0.25, 0.3) is 17.7 Å². The van der Waals surface area contributed by atoms with Crippen molar-refractivity contribution in [3.63, 3.8) is 0 Å². The zero-order valence-corrected chi connectivity index (χ0v) is 25.2. The van der Waals surface area contributed by atoms with Crippen molar-refractivity contribution in [1.29, 1.82) is 0 Å². The van der Waals surface area contributed by atoms with Gasteiger partial charge in [0.25, 0.3) is 0 Å². The molecule has 216 valence electrons. The Morgan fingerprint density at radius 1 is 0.750 bits per heavy atom. The van der Waals surface area contributed by atoms with Crippen molar-refractivity contribution in [3.8, 4) is 5.75 Å². The molecule has 2 aliphatic rings. The fraction of sp³-hybridized carbons (Fsp3) is 0.143. The quantitative estimate of drug-likeness (QED) is 0.104. The summed E-state index contributed by atoms with van der Waals surface area (Å²) >= 11 is 0. The topological polar surface area (TPSA) is 12.5 Å². The molecule has 0 radical (unpaired) electrons. The third-order valence-electron chi connectivity index (χ3n) is 8.97. The van der Waals surface area contributed by atoms with E-state index in [0.29, 0.717) is 17.7 Å². The van der Waals surface area contributed by atoms with Crippen molar-refractivity contribution in [1.82, 2.24) is 0 Å². The Labute approximate surface area is 261 Å². The van der Waals surface area contributed by atoms with Crippen LogP contribution < -0.4 is 9.64 Å². The van der Waals surface area contributed by atoms with Gasteiger partial charge in [0, 0.05) is 23.3 Å². The molecule has 0 aromatic heterocycles. The van der Waals surface area contributed by atoms with Crippen LogP contribution in [-0.2, 0) is 0 Å². The lowest BCUT2D eigenvalue weighted by molar-refractivity contribution is 0.444. The van der Waals surface area contributed by atoms with Crippen molar-refractivity contribution in [2.75, 3.05) is 4.90 Å². The third-order valence-corrected chi connectivity index (χ3v) is 8.97. The number of fused-ring (bicyclic) bond motifs is 3. The fourth-order valence-electron chi connectivity index (χ4n) is 6.82. The van der Waals surface area contributed by atoms with Gasteiger partial charge in [-0.1, -0.05) is 116 Å². The molecule has 5 aromatic carbocycles. The molecule has 0 amide bonds. The van der Waals surface area contributed by atoms with E-state index in [2.05, 4.69) is 127 Å². The van der Waals surface area contributed by atoms with Crippen LogP contribution in [0.1, 0.15) is 58.6 Å². The molecule has 0 N–H and O–H groups in total. The van der Waals surface area contributed by atoms with Gasteiger partial charge >= 0.3 is 0 Å². The van der Waals surface area contributed by atoms with E-state index in [-0.39, 0.29) is 0 Å². The fourth-order valence-corrected chi connectivity index (χ4v) is 6.82. The van der Waals surface area contributed by atoms with Gasteiger partial charge in [-0.05, 0) is 101 Å². The number of benzene rings is 5. The Morgan fingerprint density at radius 2 is 1.41 bits per heavy atom. The van der Waals surface area contributed by atoms with Gasteiger partial charge in [0.2, 0.25) is 0 Å². The number of aryl methyl sites for hydroxylation is 1. The summed E-state index contributed by atoms with van der Waals surface area (Å²) in [5.41, 5.74) is 11.2. The summed E-state index contributed by atoms with van der Waals surface area (Å²) in [4.78, 5) is 2.59. The predicted octanol–water partition coefficient (Wildman–Crippen LogP) is 11.0. The highest BCUT2D eigenvalue weighted by Crippen LogP contribution is 2.52. The predicted molar refractivity (Wildman–Crippen MR) is 185 cm³/mol. The molecule has 2 heteroatoms. The van der Waals surface area contributed by atoms with Gasteiger partial charge in [-0.15, -0.1) is 0 Å². The van der Waals surface area contributed by atoms with E-state index in [1.807, 2.05) is 37.3 Å². The maximum atomic E-state index is 5.99. The van der Waals surface area contributed by atoms with E-state index in [1.165, 1.54) is 64.0 Å². The van der Waals surface area contributed by atoms with Crippen LogP contribution in [0.15, 0.2) is 146 Å². The smallest absolute Gasteiger partial charge is 0.130 e. The van der Waals surface area contributed by atoms with Crippen LogP contribution in [-0.4, -0.2) is 6.04 Å². The highest BCUT2D eigenvalue weighted by atomic mass is 16.5. The second-order valence-electron chi connectivity index (χ2n) is 11.8. The lowest BCUT2D eigenvalue weighted by atomic mass is 9.95. The zero-order chi connectivity index (χ0) is 29.9. The number of hydrogen-bond acceptors (Lipinski definition) is 2. The Hall–Kier alpha value is -5.08. The van der Waals surface area contributed by atoms with Gasteiger partial charge in [-0.2, -0.15) is 0 Å². The second-order valence-corrected chi connectivity index (χ2v) is 11.8. The highest BCUT2D eigenvalue weighted by molar-refractivity contribution is 5.91. The van der Waals surface area contributed by atoms with Crippen LogP contribution in [0.4, 0.5) is 11.4 Å². The van der Waals surface area contributed by atoms with Crippen LogP contribution >= 0.6 is 0 Å². The molecule has 0 saturated heterocycles. The molecule has 7 rings (SSSR count). The maximum absolute atomic E-state index is 5.99. The van der Waals surface area contributed by atoms with Crippen LogP contribution in [0.3, 0.4) is 0 Å². The lowest BCUT2D eigenvalue weighted by Gasteiger charge is -2.27. The van der Waals surface area contributed by atoms with Crippen LogP contribution in [0.5, 0.6) is 5.75 Å². The highest BCUT2D eigenvalue weighted by Gasteiger charge is 2.42. The van der Waals surface area contributed by atoms with E-state index in [9.17, 15) is 0 Å². The van der Waals surface area contributed by atoms with Gasteiger partial charge in [-0.25, -0.2) is 0 Å². The van der Waals surface area contributed by atoms with E-state index in [1.54, 1.807) is 0 Å². The number of rotatable bonds is 8. The van der Waals surface area contributed by atoms with Gasteiger partial charge in [0.1, 0.15) is 11.5 Å². The molecule has 2 nitrogen and oxygen atoms in total. The Morgan fingerprint density at radius 3 is 2.11 bits per heavy atom. The van der Waals surface area contributed by atoms with Crippen molar-refractivity contribution >= 4 is 29.1 Å². The minimum atomic E-state index is 0.508. The monoisotopic (exact) mass is 571 g/mol. The molecule has 1 aliphatic heterocycles. The van der Waals surface area contributed by atoms with Gasteiger partial charge < -0.3 is 9.64 Å². The Kier molecular flexibility index (Phi) is 7.73. The molecule has 0 bridgehead atoms. The van der Waals surface area contributed by atoms with E-state index < -0.39 is 0 Å². The molecule has 1 aliphatic carbocycles. The average molecular weight is 572 g/mol. The van der Waals surface area contributed by atoms with Gasteiger partial charge in [-0.3, -0.25) is 0 Å². The molecule has 0 spiro atoms. The summed E-state index contributed by atoms with van der Waals surface area (Å²) < 4.78 is 5.99. The molecular formula is C42H37NO. The lowest BCUT2D eigenvalue weighted by Crippen LogP contribution is -2.26. The summed E-state index contributed by atoms with van der Waals surface area (Å²) in [5.74, 6) is 2.04. The average Bonchev–Trinajstić information content (AvgIpc) is 3.66. The van der Waals surface area contributed by atoms with E-state index in [0.717, 1.165) is 11.3 Å². The standard InChI is InChI=1S/C42H37NO/c1-30-12-9-10-19-42(30)44-31(2)20-21-32-24-27-41-39(29-32)37-17-11-18-40(37)43(41)36-25-22-33(23-26-36)28-38(34-13-5-3-6-14-34)35-15-7-4-8-16-35/h3-10,12-16,19-29,37,40H,2,11,17-18H2,1H3/b21-20+. The van der Waals surface area contributed by atoms with Crippen LogP contribution in [0, 0.1) is 6.92 Å². The Balaban J connectivity index is 1.14. The normalized spacial score (nSPS) is 16.9. The van der Waals surface area contributed by atoms with Gasteiger partial charge in [0.15, 0.2) is 0 Å². The van der Waals surface area contributed by atoms with E-state index >= 15 is 0 Å². The molecule has 2 atom stereocenters.